The predicted molar refractivity (Wildman–Crippen MR) is 76.9 cm³/mol. The van der Waals surface area contributed by atoms with Crippen molar-refractivity contribution in [2.45, 2.75) is 49.5 Å². The zero-order valence-corrected chi connectivity index (χ0v) is 13.3. The van der Waals surface area contributed by atoms with Gasteiger partial charge >= 0.3 is 0 Å². The molecular formula is C13H26N2O4S. The van der Waals surface area contributed by atoms with Crippen molar-refractivity contribution in [2.75, 3.05) is 26.1 Å². The van der Waals surface area contributed by atoms with E-state index in [-0.39, 0.29) is 17.6 Å². The second-order valence-corrected chi connectivity index (χ2v) is 9.20. The fraction of sp³-hybridized carbons (Fsp3) is 1.00. The Morgan fingerprint density at radius 3 is 2.60 bits per heavy atom. The Morgan fingerprint density at radius 2 is 2.10 bits per heavy atom. The van der Waals surface area contributed by atoms with E-state index in [1.165, 1.54) is 6.26 Å². The van der Waals surface area contributed by atoms with E-state index >= 15 is 0 Å². The van der Waals surface area contributed by atoms with E-state index in [4.69, 9.17) is 15.3 Å². The Morgan fingerprint density at radius 1 is 1.40 bits per heavy atom. The first kappa shape index (κ1) is 16.2. The summed E-state index contributed by atoms with van der Waals surface area (Å²) in [6.45, 7) is 5.41. The third kappa shape index (κ3) is 2.87. The number of nitrogens with two attached hydrogens (primary N) is 1. The van der Waals surface area contributed by atoms with Crippen molar-refractivity contribution in [3.05, 3.63) is 0 Å². The Labute approximate surface area is 121 Å². The summed E-state index contributed by atoms with van der Waals surface area (Å²) in [6.07, 6.45) is 3.75. The quantitative estimate of drug-likeness (QED) is 0.571. The van der Waals surface area contributed by atoms with Crippen LogP contribution in [-0.2, 0) is 19.3 Å². The molecule has 2 aliphatic heterocycles. The van der Waals surface area contributed by atoms with Gasteiger partial charge in [-0.25, -0.2) is 8.42 Å². The molecule has 2 fully saturated rings. The van der Waals surface area contributed by atoms with Crippen LogP contribution in [0.15, 0.2) is 0 Å². The number of hydrogen-bond donors (Lipinski definition) is 2. The van der Waals surface area contributed by atoms with Crippen molar-refractivity contribution >= 4 is 9.84 Å². The van der Waals surface area contributed by atoms with Crippen molar-refractivity contribution in [3.63, 3.8) is 0 Å². The summed E-state index contributed by atoms with van der Waals surface area (Å²) in [5, 5.41) is 0. The first-order valence-corrected chi connectivity index (χ1v) is 8.98. The molecule has 3 unspecified atom stereocenters. The zero-order chi connectivity index (χ0) is 15.0. The first-order valence-electron chi connectivity index (χ1n) is 7.09. The molecule has 0 saturated carbocycles. The lowest BCUT2D eigenvalue weighted by molar-refractivity contribution is -0.104. The summed E-state index contributed by atoms with van der Waals surface area (Å²) in [7, 11) is -3.21. The maximum absolute atomic E-state index is 12.1. The van der Waals surface area contributed by atoms with Crippen molar-refractivity contribution in [3.8, 4) is 0 Å². The molecule has 2 aliphatic rings. The molecular weight excluding hydrogens is 280 g/mol. The van der Waals surface area contributed by atoms with Crippen LogP contribution < -0.4 is 11.3 Å². The lowest BCUT2D eigenvalue weighted by atomic mass is 9.77. The number of hydrazine groups is 1. The highest BCUT2D eigenvalue weighted by atomic mass is 32.2. The molecule has 0 radical (unpaired) electrons. The van der Waals surface area contributed by atoms with Gasteiger partial charge < -0.3 is 9.47 Å². The topological polar surface area (TPSA) is 90.7 Å². The van der Waals surface area contributed by atoms with Crippen LogP contribution in [0.5, 0.6) is 0 Å². The van der Waals surface area contributed by atoms with E-state index in [1.807, 2.05) is 0 Å². The second-order valence-electron chi connectivity index (χ2n) is 6.61. The smallest absolute Gasteiger partial charge is 0.154 e. The Kier molecular flexibility index (Phi) is 4.47. The number of rotatable bonds is 4. The van der Waals surface area contributed by atoms with Gasteiger partial charge in [0.15, 0.2) is 9.84 Å². The van der Waals surface area contributed by atoms with Crippen LogP contribution in [-0.4, -0.2) is 50.9 Å². The van der Waals surface area contributed by atoms with Gasteiger partial charge in [0.2, 0.25) is 0 Å². The van der Waals surface area contributed by atoms with E-state index < -0.39 is 14.6 Å². The van der Waals surface area contributed by atoms with E-state index in [0.29, 0.717) is 19.8 Å². The standard InChI is InChI=1S/C13H26N2O4S/c1-12(2,20(3,16)17)11(15-14)10-4-6-19-13(8-10)5-7-18-9-13/h10-11,15H,4-9,14H2,1-3H3. The fourth-order valence-electron chi connectivity index (χ4n) is 3.35. The van der Waals surface area contributed by atoms with Gasteiger partial charge in [-0.2, -0.15) is 0 Å². The Bertz CT molecular complexity index is 443. The normalized spacial score (nSPS) is 33.5. The van der Waals surface area contributed by atoms with Crippen LogP contribution in [0.25, 0.3) is 0 Å². The summed E-state index contributed by atoms with van der Waals surface area (Å²) in [6, 6.07) is -0.293. The van der Waals surface area contributed by atoms with Gasteiger partial charge in [-0.05, 0) is 32.6 Å². The summed E-state index contributed by atoms with van der Waals surface area (Å²) in [5.74, 6) is 5.85. The number of hydrogen-bond acceptors (Lipinski definition) is 6. The molecule has 7 heteroatoms. The minimum absolute atomic E-state index is 0.167. The monoisotopic (exact) mass is 306 g/mol. The van der Waals surface area contributed by atoms with Crippen LogP contribution in [0.2, 0.25) is 0 Å². The average molecular weight is 306 g/mol. The fourth-order valence-corrected chi connectivity index (χ4v) is 4.07. The maximum atomic E-state index is 12.1. The van der Waals surface area contributed by atoms with Crippen molar-refractivity contribution < 1.29 is 17.9 Å². The molecule has 6 nitrogen and oxygen atoms in total. The van der Waals surface area contributed by atoms with Crippen LogP contribution in [0.1, 0.15) is 33.1 Å². The molecule has 118 valence electrons. The van der Waals surface area contributed by atoms with Gasteiger partial charge in [0, 0.05) is 31.9 Å². The van der Waals surface area contributed by atoms with E-state index in [9.17, 15) is 8.42 Å². The van der Waals surface area contributed by atoms with E-state index in [2.05, 4.69) is 5.43 Å². The largest absolute Gasteiger partial charge is 0.378 e. The van der Waals surface area contributed by atoms with E-state index in [1.54, 1.807) is 13.8 Å². The molecule has 1 spiro atoms. The lowest BCUT2D eigenvalue weighted by Crippen LogP contribution is -2.60. The molecule has 0 aromatic carbocycles. The third-order valence-corrected chi connectivity index (χ3v) is 7.12. The second kappa shape index (κ2) is 5.53. The predicted octanol–water partition coefficient (Wildman–Crippen LogP) is 0.227. The molecule has 0 amide bonds. The van der Waals surface area contributed by atoms with Gasteiger partial charge in [0.05, 0.1) is 17.0 Å². The first-order chi connectivity index (χ1) is 9.22. The van der Waals surface area contributed by atoms with Gasteiger partial charge in [0.25, 0.3) is 0 Å². The highest BCUT2D eigenvalue weighted by molar-refractivity contribution is 7.92. The van der Waals surface area contributed by atoms with Crippen molar-refractivity contribution in [1.29, 1.82) is 0 Å². The molecule has 0 aliphatic carbocycles. The van der Waals surface area contributed by atoms with E-state index in [0.717, 1.165) is 19.3 Å². The molecule has 3 N–H and O–H groups in total. The average Bonchev–Trinajstić information content (AvgIpc) is 2.76. The number of nitrogens with one attached hydrogen (secondary N) is 1. The van der Waals surface area contributed by atoms with Crippen molar-refractivity contribution in [2.24, 2.45) is 11.8 Å². The lowest BCUT2D eigenvalue weighted by Gasteiger charge is -2.44. The molecule has 0 aromatic rings. The molecule has 0 bridgehead atoms. The minimum Gasteiger partial charge on any atom is -0.378 e. The summed E-state index contributed by atoms with van der Waals surface area (Å²) >= 11 is 0. The molecule has 2 saturated heterocycles. The molecule has 0 aromatic heterocycles. The molecule has 2 heterocycles. The number of ether oxygens (including phenoxy) is 2. The highest BCUT2D eigenvalue weighted by Crippen LogP contribution is 2.40. The number of sulfone groups is 1. The Hall–Kier alpha value is -0.210. The van der Waals surface area contributed by atoms with Gasteiger partial charge in [-0.3, -0.25) is 11.3 Å². The molecule has 3 atom stereocenters. The zero-order valence-electron chi connectivity index (χ0n) is 12.5. The SMILES string of the molecule is CC(C)(C(NN)C1CCOC2(CCOC2)C1)S(C)(=O)=O. The Balaban J connectivity index is 2.19. The molecule has 2 rings (SSSR count). The maximum Gasteiger partial charge on any atom is 0.154 e. The minimum atomic E-state index is -3.21. The van der Waals surface area contributed by atoms with Crippen LogP contribution >= 0.6 is 0 Å². The van der Waals surface area contributed by atoms with Gasteiger partial charge in [-0.1, -0.05) is 0 Å². The summed E-state index contributed by atoms with van der Waals surface area (Å²) in [4.78, 5) is 0. The van der Waals surface area contributed by atoms with Crippen LogP contribution in [0.3, 0.4) is 0 Å². The third-order valence-electron chi connectivity index (χ3n) is 4.95. The van der Waals surface area contributed by atoms with Crippen LogP contribution in [0, 0.1) is 5.92 Å². The van der Waals surface area contributed by atoms with Crippen molar-refractivity contribution in [1.82, 2.24) is 5.43 Å². The van der Waals surface area contributed by atoms with Gasteiger partial charge in [0.1, 0.15) is 0 Å². The summed E-state index contributed by atoms with van der Waals surface area (Å²) < 4.78 is 34.6. The summed E-state index contributed by atoms with van der Waals surface area (Å²) in [5.41, 5.74) is 2.50. The highest BCUT2D eigenvalue weighted by Gasteiger charge is 2.48. The van der Waals surface area contributed by atoms with Crippen LogP contribution in [0.4, 0.5) is 0 Å². The van der Waals surface area contributed by atoms with Gasteiger partial charge in [-0.15, -0.1) is 0 Å². The molecule has 20 heavy (non-hydrogen) atoms.